The van der Waals surface area contributed by atoms with Gasteiger partial charge in [0.15, 0.2) is 3.79 Å². The monoisotopic (exact) mass is 342 g/mol. The Hall–Kier alpha value is 0.970. The fourth-order valence-electron chi connectivity index (χ4n) is 0.570. The topological polar surface area (TPSA) is 61.2 Å². The summed E-state index contributed by atoms with van der Waals surface area (Å²) >= 11 is 18.8. The summed E-state index contributed by atoms with van der Waals surface area (Å²) in [5.74, 6) is 0.259. The molecule has 0 bridgehead atoms. The van der Waals surface area contributed by atoms with Gasteiger partial charge in [-0.2, -0.15) is 5.26 Å². The molecule has 0 spiro atoms. The highest BCUT2D eigenvalue weighted by molar-refractivity contribution is 8.18. The smallest absolute Gasteiger partial charge is 0.212 e. The van der Waals surface area contributed by atoms with Crippen LogP contribution in [0.4, 0.5) is 0 Å². The van der Waals surface area contributed by atoms with Crippen molar-refractivity contribution in [1.82, 2.24) is 3.71 Å². The molecule has 0 heterocycles. The lowest BCUT2D eigenvalue weighted by atomic mass is 10.8. The average molecular weight is 344 g/mol. The van der Waals surface area contributed by atoms with Gasteiger partial charge < -0.3 is 0 Å². The Morgan fingerprint density at radius 2 is 2.00 bits per heavy atom. The number of hydrogen-bond donors (Lipinski definition) is 0. The van der Waals surface area contributed by atoms with Gasteiger partial charge in [0.25, 0.3) is 0 Å². The van der Waals surface area contributed by atoms with Crippen LogP contribution in [-0.4, -0.2) is 39.6 Å². The summed E-state index contributed by atoms with van der Waals surface area (Å²) in [6, 6.07) is 1.77. The molecule has 16 heavy (non-hydrogen) atoms. The van der Waals surface area contributed by atoms with E-state index in [1.807, 2.05) is 0 Å². The van der Waals surface area contributed by atoms with Crippen molar-refractivity contribution >= 4 is 68.5 Å². The molecule has 94 valence electrons. The zero-order valence-electron chi connectivity index (χ0n) is 8.19. The van der Waals surface area contributed by atoms with E-state index in [9.17, 15) is 8.42 Å². The molecule has 0 N–H and O–H groups in total. The number of alkyl halides is 3. The highest BCUT2D eigenvalue weighted by atomic mass is 35.6. The normalized spacial score (nSPS) is 12.8. The van der Waals surface area contributed by atoms with Gasteiger partial charge in [0.2, 0.25) is 10.0 Å². The number of nitriles is 1. The van der Waals surface area contributed by atoms with Crippen LogP contribution >= 0.6 is 58.5 Å². The van der Waals surface area contributed by atoms with E-state index in [1.165, 1.54) is 11.8 Å². The molecule has 0 atom stereocenters. The minimum atomic E-state index is -3.38. The van der Waals surface area contributed by atoms with Gasteiger partial charge in [-0.25, -0.2) is 8.42 Å². The minimum Gasteiger partial charge on any atom is -0.212 e. The zero-order valence-corrected chi connectivity index (χ0v) is 12.9. The van der Waals surface area contributed by atoms with E-state index < -0.39 is 13.8 Å². The maximum absolute atomic E-state index is 11.2. The van der Waals surface area contributed by atoms with Crippen molar-refractivity contribution in [3.63, 3.8) is 0 Å². The first-order valence-electron chi connectivity index (χ1n) is 3.79. The highest BCUT2D eigenvalue weighted by Gasteiger charge is 2.21. The number of rotatable bonds is 6. The molecular formula is C6H9Cl3N2O2S3. The molecule has 0 rings (SSSR count). The second-order valence-electron chi connectivity index (χ2n) is 2.59. The molecule has 0 unspecified atom stereocenters. The fourth-order valence-corrected chi connectivity index (χ4v) is 4.19. The van der Waals surface area contributed by atoms with Gasteiger partial charge in [0.1, 0.15) is 6.54 Å². The van der Waals surface area contributed by atoms with Gasteiger partial charge in [-0.15, -0.1) is 15.5 Å². The molecule has 0 aliphatic rings. The quantitative estimate of drug-likeness (QED) is 0.244. The number of nitrogens with zero attached hydrogens (tertiary/aromatic N) is 2. The summed E-state index contributed by atoms with van der Waals surface area (Å²) in [6.45, 7) is -0.197. The number of halogens is 3. The van der Waals surface area contributed by atoms with E-state index in [-0.39, 0.29) is 12.3 Å². The summed E-state index contributed by atoms with van der Waals surface area (Å²) in [4.78, 5) is 0. The van der Waals surface area contributed by atoms with Crippen LogP contribution in [0.3, 0.4) is 0 Å². The van der Waals surface area contributed by atoms with E-state index in [0.717, 1.165) is 21.9 Å². The Kier molecular flexibility index (Phi) is 7.86. The predicted octanol–water partition coefficient (Wildman–Crippen LogP) is 2.48. The van der Waals surface area contributed by atoms with Crippen molar-refractivity contribution in [2.24, 2.45) is 0 Å². The van der Waals surface area contributed by atoms with Gasteiger partial charge in [0.05, 0.1) is 17.4 Å². The molecule has 4 nitrogen and oxygen atoms in total. The standard InChI is InChI=1S/C6H9Cl3N2O2S3/c1-16(12,13)11(3-2-10)15-5-14-4-6(7,8)9/h3-5H2,1H3. The fraction of sp³-hybridized carbons (Fsp3) is 0.833. The molecule has 0 saturated heterocycles. The maximum Gasteiger partial charge on any atom is 0.221 e. The van der Waals surface area contributed by atoms with Crippen LogP contribution in [0.1, 0.15) is 0 Å². The molecular weight excluding hydrogens is 335 g/mol. The zero-order chi connectivity index (χ0) is 12.8. The summed E-state index contributed by atoms with van der Waals surface area (Å²) < 4.78 is 22.0. The van der Waals surface area contributed by atoms with E-state index in [1.54, 1.807) is 6.07 Å². The summed E-state index contributed by atoms with van der Waals surface area (Å²) in [7, 11) is -3.38. The lowest BCUT2D eigenvalue weighted by Gasteiger charge is -2.15. The van der Waals surface area contributed by atoms with Crippen molar-refractivity contribution in [2.75, 3.05) is 23.6 Å². The summed E-state index contributed by atoms with van der Waals surface area (Å²) in [5, 5.41) is 8.84. The van der Waals surface area contributed by atoms with Crippen LogP contribution in [-0.2, 0) is 10.0 Å². The first-order valence-corrected chi connectivity index (χ1v) is 8.87. The molecule has 0 aromatic heterocycles. The third-order valence-corrected chi connectivity index (χ3v) is 6.13. The van der Waals surface area contributed by atoms with Crippen molar-refractivity contribution in [1.29, 1.82) is 5.26 Å². The molecule has 0 amide bonds. The van der Waals surface area contributed by atoms with Crippen molar-refractivity contribution in [3.05, 3.63) is 0 Å². The molecule has 10 heteroatoms. The lowest BCUT2D eigenvalue weighted by Crippen LogP contribution is -2.23. The van der Waals surface area contributed by atoms with Crippen molar-refractivity contribution in [3.8, 4) is 6.07 Å². The maximum atomic E-state index is 11.2. The number of hydrogen-bond acceptors (Lipinski definition) is 5. The lowest BCUT2D eigenvalue weighted by molar-refractivity contribution is 0.564. The second kappa shape index (κ2) is 7.41. The van der Waals surface area contributed by atoms with Gasteiger partial charge in [-0.3, -0.25) is 0 Å². The second-order valence-corrected chi connectivity index (χ2v) is 9.59. The Balaban J connectivity index is 4.02. The van der Waals surface area contributed by atoms with E-state index in [0.29, 0.717) is 5.08 Å². The van der Waals surface area contributed by atoms with Crippen LogP contribution < -0.4 is 0 Å². The third-order valence-electron chi connectivity index (χ3n) is 1.12. The first kappa shape index (κ1) is 17.0. The Morgan fingerprint density at radius 3 is 2.38 bits per heavy atom. The van der Waals surface area contributed by atoms with E-state index in [4.69, 9.17) is 40.1 Å². The number of sulfonamides is 1. The predicted molar refractivity (Wildman–Crippen MR) is 72.4 cm³/mol. The molecule has 0 aromatic carbocycles. The largest absolute Gasteiger partial charge is 0.221 e. The van der Waals surface area contributed by atoms with Gasteiger partial charge in [-0.1, -0.05) is 46.8 Å². The molecule has 0 saturated carbocycles. The SMILES string of the molecule is CS(=O)(=O)N(CC#N)SCSCC(Cl)(Cl)Cl. The first-order chi connectivity index (χ1) is 7.17. The van der Waals surface area contributed by atoms with Crippen molar-refractivity contribution in [2.45, 2.75) is 3.79 Å². The van der Waals surface area contributed by atoms with E-state index >= 15 is 0 Å². The van der Waals surface area contributed by atoms with E-state index in [2.05, 4.69) is 0 Å². The molecule has 0 aromatic rings. The van der Waals surface area contributed by atoms with Crippen LogP contribution in [0.2, 0.25) is 0 Å². The van der Waals surface area contributed by atoms with Gasteiger partial charge >= 0.3 is 0 Å². The molecule has 0 aliphatic heterocycles. The van der Waals surface area contributed by atoms with Crippen molar-refractivity contribution < 1.29 is 8.42 Å². The minimum absolute atomic E-state index is 0.197. The van der Waals surface area contributed by atoms with Crippen LogP contribution in [0.25, 0.3) is 0 Å². The van der Waals surface area contributed by atoms with Gasteiger partial charge in [-0.05, 0) is 0 Å². The number of thioether (sulfide) groups is 1. The molecule has 0 fully saturated rings. The van der Waals surface area contributed by atoms with Gasteiger partial charge in [0, 0.05) is 5.75 Å². The third kappa shape index (κ3) is 9.05. The summed E-state index contributed by atoms with van der Waals surface area (Å²) in [6.07, 6.45) is 1.04. The van der Waals surface area contributed by atoms with Crippen LogP contribution in [0, 0.1) is 11.3 Å². The Bertz CT molecular complexity index is 349. The average Bonchev–Trinajstić information content (AvgIpc) is 2.06. The summed E-state index contributed by atoms with van der Waals surface area (Å²) in [5.41, 5.74) is 0. The highest BCUT2D eigenvalue weighted by Crippen LogP contribution is 2.32. The molecule has 0 radical (unpaired) electrons. The Morgan fingerprint density at radius 1 is 1.44 bits per heavy atom. The van der Waals surface area contributed by atoms with Crippen LogP contribution in [0.15, 0.2) is 0 Å². The molecule has 0 aliphatic carbocycles. The van der Waals surface area contributed by atoms with Crippen LogP contribution in [0.5, 0.6) is 0 Å². The Labute approximate surface area is 119 Å².